The Bertz CT molecular complexity index is 231. The first kappa shape index (κ1) is 13.0. The van der Waals surface area contributed by atoms with Crippen LogP contribution >= 0.6 is 0 Å². The summed E-state index contributed by atoms with van der Waals surface area (Å²) in [5.41, 5.74) is -0.0418. The molecule has 0 aliphatic heterocycles. The van der Waals surface area contributed by atoms with Gasteiger partial charge in [-0.25, -0.2) is 4.79 Å². The largest absolute Gasteiger partial charge is 0.449 e. The predicted molar refractivity (Wildman–Crippen MR) is 45.6 cm³/mol. The van der Waals surface area contributed by atoms with E-state index in [-0.39, 0.29) is 5.57 Å². The molecule has 0 spiro atoms. The van der Waals surface area contributed by atoms with Crippen molar-refractivity contribution in [3.8, 4) is 0 Å². The zero-order valence-corrected chi connectivity index (χ0v) is 8.31. The van der Waals surface area contributed by atoms with Crippen molar-refractivity contribution in [2.75, 3.05) is 0 Å². The molecule has 0 aromatic heterocycles. The number of carbonyl (C=O) groups is 1. The summed E-state index contributed by atoms with van der Waals surface area (Å²) < 4.78 is 41.1. The van der Waals surface area contributed by atoms with Gasteiger partial charge >= 0.3 is 12.1 Å². The van der Waals surface area contributed by atoms with E-state index < -0.39 is 24.2 Å². The maximum absolute atomic E-state index is 12.3. The quantitative estimate of drug-likeness (QED) is 0.528. The zero-order valence-electron chi connectivity index (χ0n) is 8.31. The summed E-state index contributed by atoms with van der Waals surface area (Å²) in [4.78, 5) is 10.9. The second kappa shape index (κ2) is 4.48. The first-order valence-corrected chi connectivity index (χ1v) is 4.09. The average molecular weight is 210 g/mol. The van der Waals surface area contributed by atoms with Gasteiger partial charge in [0.05, 0.1) is 0 Å². The van der Waals surface area contributed by atoms with Gasteiger partial charge in [-0.15, -0.1) is 0 Å². The van der Waals surface area contributed by atoms with Gasteiger partial charge < -0.3 is 4.74 Å². The van der Waals surface area contributed by atoms with Crippen molar-refractivity contribution < 1.29 is 22.7 Å². The fraction of sp³-hybridized carbons (Fsp3) is 0.667. The lowest BCUT2D eigenvalue weighted by Crippen LogP contribution is -2.38. The van der Waals surface area contributed by atoms with Gasteiger partial charge in [-0.05, 0) is 12.8 Å². The van der Waals surface area contributed by atoms with Crippen LogP contribution < -0.4 is 0 Å². The second-order valence-electron chi connectivity index (χ2n) is 3.39. The standard InChI is InChI=1S/C9H13F3O2/c1-5(2)7(9(10,11)12)14-8(13)6(3)4/h5,7H,3H2,1-2,4H3. The van der Waals surface area contributed by atoms with Gasteiger partial charge in [-0.1, -0.05) is 20.4 Å². The minimum atomic E-state index is -4.53. The fourth-order valence-corrected chi connectivity index (χ4v) is 0.797. The summed E-state index contributed by atoms with van der Waals surface area (Å²) in [6.45, 7) is 7.18. The third-order valence-electron chi connectivity index (χ3n) is 1.51. The summed E-state index contributed by atoms with van der Waals surface area (Å²) in [6, 6.07) is 0. The monoisotopic (exact) mass is 210 g/mol. The van der Waals surface area contributed by atoms with Crippen LogP contribution in [-0.4, -0.2) is 18.2 Å². The van der Waals surface area contributed by atoms with Crippen molar-refractivity contribution in [1.29, 1.82) is 0 Å². The molecular weight excluding hydrogens is 197 g/mol. The summed E-state index contributed by atoms with van der Waals surface area (Å²) in [5.74, 6) is -1.82. The molecule has 1 unspecified atom stereocenters. The fourth-order valence-electron chi connectivity index (χ4n) is 0.797. The minimum Gasteiger partial charge on any atom is -0.449 e. The Morgan fingerprint density at radius 2 is 1.79 bits per heavy atom. The molecule has 0 rings (SSSR count). The SMILES string of the molecule is C=C(C)C(=O)OC(C(C)C)C(F)(F)F. The molecule has 0 fully saturated rings. The van der Waals surface area contributed by atoms with Gasteiger partial charge in [0.25, 0.3) is 0 Å². The number of carbonyl (C=O) groups excluding carboxylic acids is 1. The van der Waals surface area contributed by atoms with E-state index in [1.165, 1.54) is 20.8 Å². The van der Waals surface area contributed by atoms with Gasteiger partial charge in [0.1, 0.15) is 0 Å². The molecule has 14 heavy (non-hydrogen) atoms. The topological polar surface area (TPSA) is 26.3 Å². The highest BCUT2D eigenvalue weighted by Crippen LogP contribution is 2.28. The molecule has 0 amide bonds. The maximum Gasteiger partial charge on any atom is 0.425 e. The summed E-state index contributed by atoms with van der Waals surface area (Å²) in [6.07, 6.45) is -6.59. The van der Waals surface area contributed by atoms with Crippen molar-refractivity contribution in [3.63, 3.8) is 0 Å². The van der Waals surface area contributed by atoms with E-state index >= 15 is 0 Å². The van der Waals surface area contributed by atoms with E-state index in [1.54, 1.807) is 0 Å². The van der Waals surface area contributed by atoms with Crippen LogP contribution in [0.4, 0.5) is 13.2 Å². The number of halogens is 3. The molecule has 82 valence electrons. The Morgan fingerprint density at radius 3 is 2.00 bits per heavy atom. The molecule has 2 nitrogen and oxygen atoms in total. The molecule has 0 bridgehead atoms. The zero-order chi connectivity index (χ0) is 11.5. The molecule has 0 aromatic carbocycles. The number of hydrogen-bond donors (Lipinski definition) is 0. The molecule has 5 heteroatoms. The Hall–Kier alpha value is -1.00. The van der Waals surface area contributed by atoms with Crippen molar-refractivity contribution in [1.82, 2.24) is 0 Å². The molecular formula is C9H13F3O2. The van der Waals surface area contributed by atoms with Gasteiger partial charge in [0.2, 0.25) is 0 Å². The van der Waals surface area contributed by atoms with Crippen molar-refractivity contribution in [3.05, 3.63) is 12.2 Å². The Labute approximate surface area is 80.7 Å². The van der Waals surface area contributed by atoms with Crippen LogP contribution in [0.25, 0.3) is 0 Å². The van der Waals surface area contributed by atoms with Gasteiger partial charge in [0.15, 0.2) is 6.10 Å². The van der Waals surface area contributed by atoms with Crippen LogP contribution in [0.1, 0.15) is 20.8 Å². The lowest BCUT2D eigenvalue weighted by atomic mass is 10.1. The van der Waals surface area contributed by atoms with Crippen LogP contribution in [0.3, 0.4) is 0 Å². The smallest absolute Gasteiger partial charge is 0.425 e. The Morgan fingerprint density at radius 1 is 1.36 bits per heavy atom. The minimum absolute atomic E-state index is 0.0418. The molecule has 0 heterocycles. The van der Waals surface area contributed by atoms with E-state index in [2.05, 4.69) is 11.3 Å². The van der Waals surface area contributed by atoms with Gasteiger partial charge in [-0.3, -0.25) is 0 Å². The first-order chi connectivity index (χ1) is 6.16. The number of hydrogen-bond acceptors (Lipinski definition) is 2. The Balaban J connectivity index is 4.56. The van der Waals surface area contributed by atoms with E-state index in [0.29, 0.717) is 0 Å². The highest BCUT2D eigenvalue weighted by Gasteiger charge is 2.44. The van der Waals surface area contributed by atoms with Crippen molar-refractivity contribution >= 4 is 5.97 Å². The lowest BCUT2D eigenvalue weighted by molar-refractivity contribution is -0.229. The maximum atomic E-state index is 12.3. The van der Waals surface area contributed by atoms with Crippen molar-refractivity contribution in [2.24, 2.45) is 5.92 Å². The first-order valence-electron chi connectivity index (χ1n) is 4.09. The summed E-state index contributed by atoms with van der Waals surface area (Å²) in [5, 5.41) is 0. The van der Waals surface area contributed by atoms with E-state index in [0.717, 1.165) is 0 Å². The van der Waals surface area contributed by atoms with E-state index in [1.807, 2.05) is 0 Å². The predicted octanol–water partition coefficient (Wildman–Crippen LogP) is 2.69. The normalized spacial score (nSPS) is 13.9. The third-order valence-corrected chi connectivity index (χ3v) is 1.51. The molecule has 0 aliphatic carbocycles. The van der Waals surface area contributed by atoms with Crippen LogP contribution in [0.5, 0.6) is 0 Å². The molecule has 1 atom stereocenters. The van der Waals surface area contributed by atoms with Crippen molar-refractivity contribution in [2.45, 2.75) is 33.1 Å². The van der Waals surface area contributed by atoms with Crippen LogP contribution in [0.2, 0.25) is 0 Å². The van der Waals surface area contributed by atoms with E-state index in [9.17, 15) is 18.0 Å². The Kier molecular flexibility index (Phi) is 4.16. The molecule has 0 saturated heterocycles. The third kappa shape index (κ3) is 3.81. The second-order valence-corrected chi connectivity index (χ2v) is 3.39. The highest BCUT2D eigenvalue weighted by molar-refractivity contribution is 5.87. The van der Waals surface area contributed by atoms with Crippen LogP contribution in [0, 0.1) is 5.92 Å². The number of esters is 1. The average Bonchev–Trinajstić information content (AvgIpc) is 1.96. The molecule has 0 saturated carbocycles. The van der Waals surface area contributed by atoms with Crippen LogP contribution in [-0.2, 0) is 9.53 Å². The molecule has 0 aliphatic rings. The van der Waals surface area contributed by atoms with Gasteiger partial charge in [0, 0.05) is 5.57 Å². The summed E-state index contributed by atoms with van der Waals surface area (Å²) in [7, 11) is 0. The highest BCUT2D eigenvalue weighted by atomic mass is 19.4. The molecule has 0 N–H and O–H groups in total. The van der Waals surface area contributed by atoms with E-state index in [4.69, 9.17) is 0 Å². The van der Waals surface area contributed by atoms with Gasteiger partial charge in [-0.2, -0.15) is 13.2 Å². The number of ether oxygens (including phenoxy) is 1. The number of rotatable bonds is 3. The lowest BCUT2D eigenvalue weighted by Gasteiger charge is -2.23. The molecule has 0 radical (unpaired) electrons. The molecule has 0 aromatic rings. The van der Waals surface area contributed by atoms with Crippen LogP contribution in [0.15, 0.2) is 12.2 Å². The summed E-state index contributed by atoms with van der Waals surface area (Å²) >= 11 is 0. The number of alkyl halides is 3.